The van der Waals surface area contributed by atoms with Crippen LogP contribution in [0, 0.1) is 12.8 Å². The minimum atomic E-state index is -0.867. The predicted octanol–water partition coefficient (Wildman–Crippen LogP) is 2.18. The van der Waals surface area contributed by atoms with Gasteiger partial charge in [0.1, 0.15) is 23.3 Å². The van der Waals surface area contributed by atoms with Crippen molar-refractivity contribution in [3.63, 3.8) is 0 Å². The van der Waals surface area contributed by atoms with Crippen LogP contribution in [-0.4, -0.2) is 32.1 Å². The molecule has 0 fully saturated rings. The van der Waals surface area contributed by atoms with Crippen molar-refractivity contribution in [2.45, 2.75) is 33.2 Å². The predicted molar refractivity (Wildman–Crippen MR) is 73.1 cm³/mol. The molecule has 2 rings (SSSR count). The Hall–Kier alpha value is -2.11. The highest BCUT2D eigenvalue weighted by Crippen LogP contribution is 2.21. The van der Waals surface area contributed by atoms with E-state index in [1.54, 1.807) is 13.1 Å². The fourth-order valence-corrected chi connectivity index (χ4v) is 2.02. The molecule has 102 valence electrons. The van der Waals surface area contributed by atoms with Gasteiger partial charge in [-0.05, 0) is 25.3 Å². The summed E-state index contributed by atoms with van der Waals surface area (Å²) in [4.78, 5) is 22.8. The van der Waals surface area contributed by atoms with Crippen molar-refractivity contribution >= 4 is 22.8 Å². The number of carboxylic acid groups (broad SMARTS) is 1. The van der Waals surface area contributed by atoms with Gasteiger partial charge < -0.3 is 15.4 Å². The van der Waals surface area contributed by atoms with Crippen LogP contribution in [-0.2, 0) is 4.79 Å². The van der Waals surface area contributed by atoms with Gasteiger partial charge in [-0.15, -0.1) is 0 Å². The van der Waals surface area contributed by atoms with E-state index < -0.39 is 12.0 Å². The normalized spacial score (nSPS) is 12.8. The molecule has 0 aliphatic heterocycles. The molecule has 0 aliphatic rings. The lowest BCUT2D eigenvalue weighted by molar-refractivity contribution is -0.138. The number of aromatic amines is 1. The monoisotopic (exact) mass is 262 g/mol. The first kappa shape index (κ1) is 13.3. The Morgan fingerprint density at radius 1 is 1.47 bits per heavy atom. The van der Waals surface area contributed by atoms with Crippen molar-refractivity contribution in [2.75, 3.05) is 5.32 Å². The van der Waals surface area contributed by atoms with E-state index >= 15 is 0 Å². The number of aromatic nitrogens is 3. The lowest BCUT2D eigenvalue weighted by atomic mass is 10.0. The van der Waals surface area contributed by atoms with Gasteiger partial charge in [0.25, 0.3) is 0 Å². The fraction of sp³-hybridized carbons (Fsp3) is 0.462. The second kappa shape index (κ2) is 5.26. The van der Waals surface area contributed by atoms with Gasteiger partial charge in [0.15, 0.2) is 0 Å². The molecule has 3 N–H and O–H groups in total. The zero-order valence-electron chi connectivity index (χ0n) is 11.3. The Balaban J connectivity index is 2.32. The first-order valence-corrected chi connectivity index (χ1v) is 6.28. The van der Waals surface area contributed by atoms with Crippen molar-refractivity contribution in [3.8, 4) is 0 Å². The summed E-state index contributed by atoms with van der Waals surface area (Å²) < 4.78 is 0. The molecule has 0 aromatic carbocycles. The summed E-state index contributed by atoms with van der Waals surface area (Å²) in [6.07, 6.45) is 2.31. The highest BCUT2D eigenvalue weighted by molar-refractivity contribution is 5.89. The van der Waals surface area contributed by atoms with Crippen LogP contribution in [0.1, 0.15) is 26.1 Å². The topological polar surface area (TPSA) is 90.9 Å². The molecule has 2 aromatic heterocycles. The molecule has 0 bridgehead atoms. The maximum atomic E-state index is 11.3. The third-order valence-electron chi connectivity index (χ3n) is 2.84. The Morgan fingerprint density at radius 2 is 2.21 bits per heavy atom. The Kier molecular flexibility index (Phi) is 3.69. The number of rotatable bonds is 5. The summed E-state index contributed by atoms with van der Waals surface area (Å²) in [5, 5.41) is 13.1. The van der Waals surface area contributed by atoms with Crippen LogP contribution in [0.4, 0.5) is 5.82 Å². The van der Waals surface area contributed by atoms with Gasteiger partial charge in [-0.25, -0.2) is 14.8 Å². The molecule has 6 heteroatoms. The highest BCUT2D eigenvalue weighted by Gasteiger charge is 2.20. The van der Waals surface area contributed by atoms with Crippen molar-refractivity contribution < 1.29 is 9.90 Å². The van der Waals surface area contributed by atoms with Crippen LogP contribution >= 0.6 is 0 Å². The van der Waals surface area contributed by atoms with Gasteiger partial charge >= 0.3 is 5.97 Å². The molecular formula is C13H18N4O2. The molecule has 0 unspecified atom stereocenters. The number of carboxylic acids is 1. The Labute approximate surface area is 111 Å². The van der Waals surface area contributed by atoms with E-state index in [1.807, 2.05) is 19.9 Å². The number of aryl methyl sites for hydroxylation is 1. The third-order valence-corrected chi connectivity index (χ3v) is 2.84. The van der Waals surface area contributed by atoms with E-state index in [0.717, 1.165) is 5.39 Å². The Morgan fingerprint density at radius 3 is 2.84 bits per heavy atom. The van der Waals surface area contributed by atoms with Crippen LogP contribution in [0.25, 0.3) is 11.0 Å². The summed E-state index contributed by atoms with van der Waals surface area (Å²) >= 11 is 0. The Bertz CT molecular complexity index is 591. The van der Waals surface area contributed by atoms with Gasteiger partial charge in [-0.1, -0.05) is 13.8 Å². The second-order valence-electron chi connectivity index (χ2n) is 5.02. The quantitative estimate of drug-likeness (QED) is 0.768. The first-order valence-electron chi connectivity index (χ1n) is 6.28. The molecule has 6 nitrogen and oxygen atoms in total. The minimum absolute atomic E-state index is 0.290. The number of anilines is 1. The molecule has 19 heavy (non-hydrogen) atoms. The van der Waals surface area contributed by atoms with Crippen molar-refractivity contribution in [2.24, 2.45) is 5.92 Å². The zero-order chi connectivity index (χ0) is 14.0. The van der Waals surface area contributed by atoms with Crippen LogP contribution in [0.5, 0.6) is 0 Å². The molecular weight excluding hydrogens is 244 g/mol. The average Bonchev–Trinajstić information content (AvgIpc) is 2.75. The van der Waals surface area contributed by atoms with E-state index in [4.69, 9.17) is 0 Å². The van der Waals surface area contributed by atoms with E-state index in [9.17, 15) is 9.90 Å². The smallest absolute Gasteiger partial charge is 0.326 e. The van der Waals surface area contributed by atoms with E-state index in [2.05, 4.69) is 20.3 Å². The number of carbonyl (C=O) groups is 1. The van der Waals surface area contributed by atoms with E-state index in [1.165, 1.54) is 0 Å². The standard InChI is InChI=1S/C13H18N4O2/c1-7(2)6-10(13(18)19)17-12-9-4-5-14-11(9)15-8(3)16-12/h4-5,7,10H,6H2,1-3H3,(H,18,19)(H2,14,15,16,17)/t10-/m1/s1. The van der Waals surface area contributed by atoms with Crippen LogP contribution < -0.4 is 5.32 Å². The van der Waals surface area contributed by atoms with Crippen molar-refractivity contribution in [1.29, 1.82) is 0 Å². The maximum absolute atomic E-state index is 11.3. The number of hydrogen-bond acceptors (Lipinski definition) is 4. The molecule has 2 heterocycles. The van der Waals surface area contributed by atoms with Crippen LogP contribution in [0.3, 0.4) is 0 Å². The van der Waals surface area contributed by atoms with Gasteiger partial charge in [0.2, 0.25) is 0 Å². The molecule has 2 aromatic rings. The number of fused-ring (bicyclic) bond motifs is 1. The molecule has 0 radical (unpaired) electrons. The second-order valence-corrected chi connectivity index (χ2v) is 5.02. The van der Waals surface area contributed by atoms with Crippen LogP contribution in [0.15, 0.2) is 12.3 Å². The van der Waals surface area contributed by atoms with Crippen LogP contribution in [0.2, 0.25) is 0 Å². The SMILES string of the molecule is Cc1nc(N[C@H](CC(C)C)C(=O)O)c2cc[nH]c2n1. The number of nitrogens with one attached hydrogen (secondary N) is 2. The molecule has 0 saturated carbocycles. The fourth-order valence-electron chi connectivity index (χ4n) is 2.02. The summed E-state index contributed by atoms with van der Waals surface area (Å²) in [5.41, 5.74) is 0.712. The van der Waals surface area contributed by atoms with E-state index in [0.29, 0.717) is 29.6 Å². The number of H-pyrrole nitrogens is 1. The molecule has 0 aliphatic carbocycles. The van der Waals surface area contributed by atoms with Crippen molar-refractivity contribution in [1.82, 2.24) is 15.0 Å². The molecule has 0 amide bonds. The number of nitrogens with zero attached hydrogens (tertiary/aromatic N) is 2. The summed E-state index contributed by atoms with van der Waals surface area (Å²) in [7, 11) is 0. The number of hydrogen-bond donors (Lipinski definition) is 3. The first-order chi connectivity index (χ1) is 8.97. The minimum Gasteiger partial charge on any atom is -0.480 e. The molecule has 0 saturated heterocycles. The summed E-state index contributed by atoms with van der Waals surface area (Å²) in [6, 6.07) is 1.19. The largest absolute Gasteiger partial charge is 0.480 e. The van der Waals surface area contributed by atoms with Gasteiger partial charge in [0, 0.05) is 6.20 Å². The average molecular weight is 262 g/mol. The zero-order valence-corrected chi connectivity index (χ0v) is 11.3. The summed E-state index contributed by atoms with van der Waals surface area (Å²) in [5.74, 6) is 0.592. The van der Waals surface area contributed by atoms with Crippen molar-refractivity contribution in [3.05, 3.63) is 18.1 Å². The van der Waals surface area contributed by atoms with Gasteiger partial charge in [-0.2, -0.15) is 0 Å². The summed E-state index contributed by atoms with van der Waals surface area (Å²) in [6.45, 7) is 5.77. The third kappa shape index (κ3) is 3.01. The van der Waals surface area contributed by atoms with Gasteiger partial charge in [-0.3, -0.25) is 0 Å². The number of aliphatic carboxylic acids is 1. The van der Waals surface area contributed by atoms with Gasteiger partial charge in [0.05, 0.1) is 5.39 Å². The highest BCUT2D eigenvalue weighted by atomic mass is 16.4. The van der Waals surface area contributed by atoms with E-state index in [-0.39, 0.29) is 0 Å². The lowest BCUT2D eigenvalue weighted by Gasteiger charge is -2.17. The molecule has 0 spiro atoms. The molecule has 1 atom stereocenters. The maximum Gasteiger partial charge on any atom is 0.326 e. The lowest BCUT2D eigenvalue weighted by Crippen LogP contribution is -2.31.